The lowest BCUT2D eigenvalue weighted by Gasteiger charge is -2.23. The molecule has 2 heterocycles. The van der Waals surface area contributed by atoms with Gasteiger partial charge in [-0.15, -0.1) is 5.06 Å². The van der Waals surface area contributed by atoms with Gasteiger partial charge in [-0.3, -0.25) is 10.2 Å². The van der Waals surface area contributed by atoms with Gasteiger partial charge in [0.2, 0.25) is 0 Å². The van der Waals surface area contributed by atoms with E-state index < -0.39 is 5.91 Å². The molecule has 0 radical (unpaired) electrons. The second kappa shape index (κ2) is 8.35. The molecule has 0 saturated carbocycles. The number of carbonyl (C=O) groups is 1. The second-order valence-electron chi connectivity index (χ2n) is 6.77. The van der Waals surface area contributed by atoms with Gasteiger partial charge in [0.15, 0.2) is 23.2 Å². The highest BCUT2D eigenvalue weighted by Gasteiger charge is 2.34. The fourth-order valence-corrected chi connectivity index (χ4v) is 3.64. The van der Waals surface area contributed by atoms with Gasteiger partial charge in [-0.2, -0.15) is 4.99 Å². The molecule has 0 saturated heterocycles. The molecule has 158 valence electrons. The van der Waals surface area contributed by atoms with E-state index >= 15 is 0 Å². The van der Waals surface area contributed by atoms with Gasteiger partial charge in [0.05, 0.1) is 17.2 Å². The monoisotopic (exact) mass is 485 g/mol. The van der Waals surface area contributed by atoms with Crippen LogP contribution in [-0.4, -0.2) is 29.8 Å². The summed E-state index contributed by atoms with van der Waals surface area (Å²) >= 11 is 3.47. The van der Waals surface area contributed by atoms with Crippen molar-refractivity contribution in [2.45, 2.75) is 13.5 Å². The number of amides is 1. The molecule has 0 spiro atoms. The SMILES string of the molecule is COc1cc(/C=C2\C(=N)N3OC(C)=CC3=NC2=O)cc(Br)c1OCc1ccc(F)cc1. The Bertz CT molecular complexity index is 1170. The van der Waals surface area contributed by atoms with Gasteiger partial charge < -0.3 is 14.3 Å². The van der Waals surface area contributed by atoms with E-state index in [1.807, 2.05) is 0 Å². The van der Waals surface area contributed by atoms with Crippen LogP contribution in [0, 0.1) is 11.2 Å². The Balaban J connectivity index is 1.60. The van der Waals surface area contributed by atoms with Crippen LogP contribution in [0.25, 0.3) is 6.08 Å². The first-order valence-electron chi connectivity index (χ1n) is 9.20. The molecule has 0 fully saturated rings. The Labute approximate surface area is 186 Å². The van der Waals surface area contributed by atoms with E-state index in [9.17, 15) is 9.18 Å². The Hall–Kier alpha value is -3.46. The van der Waals surface area contributed by atoms with Gasteiger partial charge in [-0.1, -0.05) is 12.1 Å². The fraction of sp³-hybridized carbons (Fsp3) is 0.136. The van der Waals surface area contributed by atoms with Crippen molar-refractivity contribution in [3.8, 4) is 11.5 Å². The quantitative estimate of drug-likeness (QED) is 0.624. The van der Waals surface area contributed by atoms with Gasteiger partial charge in [0.1, 0.15) is 18.2 Å². The second-order valence-corrected chi connectivity index (χ2v) is 7.63. The molecule has 0 atom stereocenters. The number of nitrogens with one attached hydrogen (secondary N) is 1. The van der Waals surface area contributed by atoms with Crippen molar-refractivity contribution in [1.29, 1.82) is 5.41 Å². The van der Waals surface area contributed by atoms with Crippen molar-refractivity contribution >= 4 is 39.6 Å². The van der Waals surface area contributed by atoms with Crippen LogP contribution in [0.15, 0.2) is 63.3 Å². The number of aliphatic imine (C=N–C) groups is 1. The highest BCUT2D eigenvalue weighted by atomic mass is 79.9. The minimum atomic E-state index is -0.530. The number of benzene rings is 2. The van der Waals surface area contributed by atoms with Crippen molar-refractivity contribution in [3.63, 3.8) is 0 Å². The van der Waals surface area contributed by atoms with Crippen LogP contribution in [0.3, 0.4) is 0 Å². The lowest BCUT2D eigenvalue weighted by molar-refractivity contribution is -0.114. The number of ether oxygens (including phenoxy) is 2. The van der Waals surface area contributed by atoms with Crippen molar-refractivity contribution in [1.82, 2.24) is 5.06 Å². The Morgan fingerprint density at radius 2 is 2.03 bits per heavy atom. The topological polar surface area (TPSA) is 84.2 Å². The van der Waals surface area contributed by atoms with E-state index in [1.54, 1.807) is 43.3 Å². The lowest BCUT2D eigenvalue weighted by Crippen LogP contribution is -2.38. The van der Waals surface area contributed by atoms with E-state index in [-0.39, 0.29) is 29.7 Å². The molecule has 31 heavy (non-hydrogen) atoms. The number of halogens is 2. The molecule has 1 amide bonds. The predicted octanol–water partition coefficient (Wildman–Crippen LogP) is 4.63. The van der Waals surface area contributed by atoms with Crippen LogP contribution < -0.4 is 9.47 Å². The molecular formula is C22H17BrFN3O4. The third kappa shape index (κ3) is 4.22. The van der Waals surface area contributed by atoms with Crippen LogP contribution >= 0.6 is 15.9 Å². The van der Waals surface area contributed by atoms with Gasteiger partial charge in [0.25, 0.3) is 5.91 Å². The van der Waals surface area contributed by atoms with Crippen LogP contribution in [0.4, 0.5) is 4.39 Å². The number of carbonyl (C=O) groups excluding carboxylic acids is 1. The zero-order valence-corrected chi connectivity index (χ0v) is 18.2. The average Bonchev–Trinajstić information content (AvgIpc) is 3.11. The number of amidine groups is 2. The maximum atomic E-state index is 13.1. The summed E-state index contributed by atoms with van der Waals surface area (Å²) in [6.45, 7) is 1.93. The molecule has 2 aliphatic rings. The molecule has 0 unspecified atom stereocenters. The Morgan fingerprint density at radius 1 is 1.29 bits per heavy atom. The Morgan fingerprint density at radius 3 is 2.74 bits per heavy atom. The smallest absolute Gasteiger partial charge is 0.282 e. The molecule has 0 aliphatic carbocycles. The summed E-state index contributed by atoms with van der Waals surface area (Å²) in [5, 5.41) is 9.52. The van der Waals surface area contributed by atoms with Gasteiger partial charge in [-0.25, -0.2) is 4.39 Å². The molecule has 9 heteroatoms. The summed E-state index contributed by atoms with van der Waals surface area (Å²) in [5.74, 6) is 0.772. The number of nitrogens with zero attached hydrogens (tertiary/aromatic N) is 2. The normalized spacial score (nSPS) is 16.6. The van der Waals surface area contributed by atoms with Crippen molar-refractivity contribution in [2.24, 2.45) is 4.99 Å². The molecule has 7 nitrogen and oxygen atoms in total. The molecule has 0 aromatic heterocycles. The van der Waals surface area contributed by atoms with Gasteiger partial charge in [0, 0.05) is 6.08 Å². The summed E-state index contributed by atoms with van der Waals surface area (Å²) in [5.41, 5.74) is 1.49. The van der Waals surface area contributed by atoms with Crippen LogP contribution in [0.1, 0.15) is 18.1 Å². The molecule has 2 aliphatic heterocycles. The van der Waals surface area contributed by atoms with Crippen LogP contribution in [-0.2, 0) is 16.2 Å². The van der Waals surface area contributed by atoms with Crippen molar-refractivity contribution in [3.05, 3.63) is 75.2 Å². The third-order valence-electron chi connectivity index (χ3n) is 4.54. The molecule has 2 aromatic carbocycles. The highest BCUT2D eigenvalue weighted by Crippen LogP contribution is 2.38. The summed E-state index contributed by atoms with van der Waals surface area (Å²) in [4.78, 5) is 21.9. The minimum Gasteiger partial charge on any atom is -0.493 e. The molecule has 1 N–H and O–H groups in total. The van der Waals surface area contributed by atoms with Crippen molar-refractivity contribution in [2.75, 3.05) is 7.11 Å². The number of rotatable bonds is 5. The van der Waals surface area contributed by atoms with Crippen LogP contribution in [0.2, 0.25) is 0 Å². The summed E-state index contributed by atoms with van der Waals surface area (Å²) < 4.78 is 25.0. The highest BCUT2D eigenvalue weighted by molar-refractivity contribution is 9.10. The standard InChI is InChI=1S/C22H17BrFN3O4/c1-12-7-19-26-22(28)16(21(25)27(19)31-12)8-14-9-17(23)20(18(10-14)29-2)30-11-13-3-5-15(24)6-4-13/h3-10,25H,11H2,1-2H3/b16-8+,25-21?. The van der Waals surface area contributed by atoms with E-state index in [0.717, 1.165) is 5.56 Å². The molecular weight excluding hydrogens is 469 g/mol. The predicted molar refractivity (Wildman–Crippen MR) is 116 cm³/mol. The van der Waals surface area contributed by atoms with Crippen LogP contribution in [0.5, 0.6) is 11.5 Å². The van der Waals surface area contributed by atoms with Gasteiger partial charge >= 0.3 is 0 Å². The van der Waals surface area contributed by atoms with Crippen molar-refractivity contribution < 1.29 is 23.5 Å². The number of methoxy groups -OCH3 is 1. The first-order chi connectivity index (χ1) is 14.9. The van der Waals surface area contributed by atoms with E-state index in [2.05, 4.69) is 20.9 Å². The summed E-state index contributed by atoms with van der Waals surface area (Å²) in [6, 6.07) is 9.44. The minimum absolute atomic E-state index is 0.0841. The summed E-state index contributed by atoms with van der Waals surface area (Å²) in [6.07, 6.45) is 3.13. The largest absolute Gasteiger partial charge is 0.493 e. The average molecular weight is 486 g/mol. The number of hydroxylamine groups is 2. The maximum Gasteiger partial charge on any atom is 0.282 e. The Kier molecular flexibility index (Phi) is 5.60. The number of fused-ring (bicyclic) bond motifs is 1. The fourth-order valence-electron chi connectivity index (χ4n) is 3.07. The number of allylic oxidation sites excluding steroid dienone is 1. The first-order valence-corrected chi connectivity index (χ1v) is 10.00. The van der Waals surface area contributed by atoms with E-state index in [0.29, 0.717) is 27.3 Å². The first kappa shape index (κ1) is 20.8. The van der Waals surface area contributed by atoms with E-state index in [1.165, 1.54) is 24.3 Å². The summed E-state index contributed by atoms with van der Waals surface area (Å²) in [7, 11) is 1.50. The molecule has 0 bridgehead atoms. The van der Waals surface area contributed by atoms with Gasteiger partial charge in [-0.05, 0) is 64.3 Å². The number of hydrogen-bond donors (Lipinski definition) is 1. The maximum absolute atomic E-state index is 13.1. The third-order valence-corrected chi connectivity index (χ3v) is 5.13. The lowest BCUT2D eigenvalue weighted by atomic mass is 10.1. The van der Waals surface area contributed by atoms with E-state index in [4.69, 9.17) is 19.7 Å². The zero-order chi connectivity index (χ0) is 22.1. The molecule has 2 aromatic rings. The zero-order valence-electron chi connectivity index (χ0n) is 16.6. The molecule has 4 rings (SSSR count). The number of hydrogen-bond acceptors (Lipinski definition) is 5.